The van der Waals surface area contributed by atoms with Gasteiger partial charge in [0.1, 0.15) is 0 Å². The van der Waals surface area contributed by atoms with Crippen LogP contribution in [0.4, 0.5) is 0 Å². The topological polar surface area (TPSA) is 46.3 Å². The maximum Gasteiger partial charge on any atom is 0.222 e. The summed E-state index contributed by atoms with van der Waals surface area (Å²) in [6.07, 6.45) is 2.49. The van der Waals surface area contributed by atoms with Gasteiger partial charge in [-0.3, -0.25) is 4.79 Å². The van der Waals surface area contributed by atoms with Crippen LogP contribution in [0.3, 0.4) is 0 Å². The van der Waals surface area contributed by atoms with Crippen molar-refractivity contribution in [2.75, 3.05) is 13.1 Å². The number of nitrogens with two attached hydrogens (primary N) is 1. The number of rotatable bonds is 7. The van der Waals surface area contributed by atoms with Gasteiger partial charge in [-0.25, -0.2) is 0 Å². The van der Waals surface area contributed by atoms with E-state index in [4.69, 9.17) is 5.73 Å². The van der Waals surface area contributed by atoms with Crippen molar-refractivity contribution >= 4 is 5.91 Å². The van der Waals surface area contributed by atoms with E-state index in [0.29, 0.717) is 12.3 Å². The number of hydrogen-bond donors (Lipinski definition) is 1. The SMILES string of the molecule is CCC(C)CN(CC)C(=O)CCC(C)N. The molecular formula is C12H26N2O. The lowest BCUT2D eigenvalue weighted by Crippen LogP contribution is -2.35. The summed E-state index contributed by atoms with van der Waals surface area (Å²) in [5, 5.41) is 0. The first-order valence-corrected chi connectivity index (χ1v) is 6.04. The molecule has 90 valence electrons. The van der Waals surface area contributed by atoms with Crippen LogP contribution < -0.4 is 5.73 Å². The normalized spacial score (nSPS) is 14.7. The third-order valence-electron chi connectivity index (χ3n) is 2.78. The Kier molecular flexibility index (Phi) is 7.39. The monoisotopic (exact) mass is 214 g/mol. The minimum Gasteiger partial charge on any atom is -0.343 e. The van der Waals surface area contributed by atoms with Crippen molar-refractivity contribution in [1.82, 2.24) is 4.90 Å². The van der Waals surface area contributed by atoms with Crippen LogP contribution >= 0.6 is 0 Å². The highest BCUT2D eigenvalue weighted by Crippen LogP contribution is 2.07. The molecule has 3 nitrogen and oxygen atoms in total. The van der Waals surface area contributed by atoms with Crippen molar-refractivity contribution in [3.05, 3.63) is 0 Å². The van der Waals surface area contributed by atoms with Gasteiger partial charge < -0.3 is 10.6 Å². The smallest absolute Gasteiger partial charge is 0.222 e. The van der Waals surface area contributed by atoms with E-state index in [2.05, 4.69) is 13.8 Å². The second kappa shape index (κ2) is 7.69. The molecule has 0 heterocycles. The summed E-state index contributed by atoms with van der Waals surface area (Å²) in [6, 6.07) is 0.122. The molecule has 0 aliphatic carbocycles. The number of carbonyl (C=O) groups is 1. The van der Waals surface area contributed by atoms with E-state index in [1.807, 2.05) is 18.7 Å². The van der Waals surface area contributed by atoms with Gasteiger partial charge in [0.25, 0.3) is 0 Å². The zero-order valence-electron chi connectivity index (χ0n) is 10.6. The second-order valence-corrected chi connectivity index (χ2v) is 4.46. The summed E-state index contributed by atoms with van der Waals surface area (Å²) in [5.74, 6) is 0.833. The van der Waals surface area contributed by atoms with Gasteiger partial charge in [0.05, 0.1) is 0 Å². The molecule has 0 radical (unpaired) electrons. The second-order valence-electron chi connectivity index (χ2n) is 4.46. The average molecular weight is 214 g/mol. The lowest BCUT2D eigenvalue weighted by atomic mass is 10.1. The van der Waals surface area contributed by atoms with Crippen molar-refractivity contribution in [3.63, 3.8) is 0 Å². The molecule has 2 N–H and O–H groups in total. The summed E-state index contributed by atoms with van der Waals surface area (Å²) in [4.78, 5) is 13.7. The molecule has 0 fully saturated rings. The van der Waals surface area contributed by atoms with E-state index in [1.54, 1.807) is 0 Å². The van der Waals surface area contributed by atoms with Gasteiger partial charge in [-0.15, -0.1) is 0 Å². The Morgan fingerprint density at radius 2 is 1.93 bits per heavy atom. The molecule has 0 aliphatic heterocycles. The summed E-state index contributed by atoms with van der Waals surface area (Å²) in [5.41, 5.74) is 5.64. The molecule has 3 heteroatoms. The predicted molar refractivity (Wildman–Crippen MR) is 64.6 cm³/mol. The zero-order valence-corrected chi connectivity index (χ0v) is 10.6. The van der Waals surface area contributed by atoms with Crippen LogP contribution in [0.2, 0.25) is 0 Å². The highest BCUT2D eigenvalue weighted by molar-refractivity contribution is 5.76. The maximum atomic E-state index is 11.8. The first-order valence-electron chi connectivity index (χ1n) is 6.04. The molecule has 0 aromatic rings. The fourth-order valence-electron chi connectivity index (χ4n) is 1.42. The fraction of sp³-hybridized carbons (Fsp3) is 0.917. The van der Waals surface area contributed by atoms with E-state index in [0.717, 1.165) is 25.9 Å². The Morgan fingerprint density at radius 3 is 2.33 bits per heavy atom. The Labute approximate surface area is 94.0 Å². The van der Waals surface area contributed by atoms with Crippen molar-refractivity contribution in [2.24, 2.45) is 11.7 Å². The Morgan fingerprint density at radius 1 is 1.33 bits per heavy atom. The maximum absolute atomic E-state index is 11.8. The first kappa shape index (κ1) is 14.4. The molecule has 1 amide bonds. The molecule has 2 unspecified atom stereocenters. The molecule has 0 rings (SSSR count). The molecule has 0 saturated carbocycles. The van der Waals surface area contributed by atoms with E-state index >= 15 is 0 Å². The quantitative estimate of drug-likeness (QED) is 0.704. The molecule has 15 heavy (non-hydrogen) atoms. The molecule has 0 bridgehead atoms. The van der Waals surface area contributed by atoms with E-state index in [-0.39, 0.29) is 11.9 Å². The summed E-state index contributed by atoms with van der Waals surface area (Å²) in [7, 11) is 0. The Balaban J connectivity index is 3.99. The fourth-order valence-corrected chi connectivity index (χ4v) is 1.42. The van der Waals surface area contributed by atoms with E-state index in [1.165, 1.54) is 0 Å². The number of nitrogens with zero attached hydrogens (tertiary/aromatic N) is 1. The first-order chi connectivity index (χ1) is 7.01. The van der Waals surface area contributed by atoms with Crippen LogP contribution in [0.5, 0.6) is 0 Å². The van der Waals surface area contributed by atoms with E-state index < -0.39 is 0 Å². The van der Waals surface area contributed by atoms with Crippen molar-refractivity contribution in [2.45, 2.75) is 53.0 Å². The van der Waals surface area contributed by atoms with Gasteiger partial charge in [0.15, 0.2) is 0 Å². The minimum atomic E-state index is 0.122. The van der Waals surface area contributed by atoms with Crippen LogP contribution in [-0.4, -0.2) is 29.9 Å². The van der Waals surface area contributed by atoms with Crippen molar-refractivity contribution in [1.29, 1.82) is 0 Å². The predicted octanol–water partition coefficient (Wildman–Crippen LogP) is 2.01. The summed E-state index contributed by atoms with van der Waals surface area (Å²) in [6.45, 7) is 10.0. The summed E-state index contributed by atoms with van der Waals surface area (Å²) < 4.78 is 0. The van der Waals surface area contributed by atoms with Gasteiger partial charge in [-0.05, 0) is 26.2 Å². The Hall–Kier alpha value is -0.570. The molecular weight excluding hydrogens is 188 g/mol. The minimum absolute atomic E-state index is 0.122. The molecule has 0 aliphatic rings. The van der Waals surface area contributed by atoms with Crippen LogP contribution in [-0.2, 0) is 4.79 Å². The van der Waals surface area contributed by atoms with Gasteiger partial charge in [0, 0.05) is 25.6 Å². The highest BCUT2D eigenvalue weighted by atomic mass is 16.2. The molecule has 2 atom stereocenters. The third-order valence-corrected chi connectivity index (χ3v) is 2.78. The lowest BCUT2D eigenvalue weighted by molar-refractivity contribution is -0.131. The molecule has 0 aromatic carbocycles. The molecule has 0 spiro atoms. The Bertz CT molecular complexity index is 180. The number of carbonyl (C=O) groups excluding carboxylic acids is 1. The van der Waals surface area contributed by atoms with Crippen LogP contribution in [0.25, 0.3) is 0 Å². The van der Waals surface area contributed by atoms with E-state index in [9.17, 15) is 4.79 Å². The van der Waals surface area contributed by atoms with Gasteiger partial charge in [-0.1, -0.05) is 20.3 Å². The largest absolute Gasteiger partial charge is 0.343 e. The van der Waals surface area contributed by atoms with Gasteiger partial charge in [-0.2, -0.15) is 0 Å². The van der Waals surface area contributed by atoms with Crippen LogP contribution in [0.15, 0.2) is 0 Å². The van der Waals surface area contributed by atoms with Crippen molar-refractivity contribution in [3.8, 4) is 0 Å². The van der Waals surface area contributed by atoms with Gasteiger partial charge in [0.2, 0.25) is 5.91 Å². The number of amides is 1. The van der Waals surface area contributed by atoms with Gasteiger partial charge >= 0.3 is 0 Å². The van der Waals surface area contributed by atoms with Crippen LogP contribution in [0.1, 0.15) is 47.0 Å². The number of hydrogen-bond acceptors (Lipinski definition) is 2. The highest BCUT2D eigenvalue weighted by Gasteiger charge is 2.14. The summed E-state index contributed by atoms with van der Waals surface area (Å²) >= 11 is 0. The molecule has 0 aromatic heterocycles. The molecule has 0 saturated heterocycles. The lowest BCUT2D eigenvalue weighted by Gasteiger charge is -2.24. The zero-order chi connectivity index (χ0) is 11.8. The third kappa shape index (κ3) is 6.50. The average Bonchev–Trinajstić information content (AvgIpc) is 2.21. The standard InChI is InChI=1S/C12H26N2O/c1-5-10(3)9-14(6-2)12(15)8-7-11(4)13/h10-11H,5-9,13H2,1-4H3. The van der Waals surface area contributed by atoms with Crippen LogP contribution in [0, 0.1) is 5.92 Å². The van der Waals surface area contributed by atoms with Crippen molar-refractivity contribution < 1.29 is 4.79 Å².